The second kappa shape index (κ2) is 7.22. The second-order valence-electron chi connectivity index (χ2n) is 5.88. The fraction of sp³-hybridized carbons (Fsp3) is 0.200. The molecule has 0 fully saturated rings. The molecule has 0 radical (unpaired) electrons. The standard InChI is InChI=1S/C20H17ClO5/c1-11-4-6-13(7-5-11)18-19(25-12(2)20(23)24-3)17(22)15-10-14(21)8-9-16(15)26-18/h4-10,12H,1-3H3/t12-/m0/s1. The summed E-state index contributed by atoms with van der Waals surface area (Å²) in [6.07, 6.45) is -0.969. The van der Waals surface area contributed by atoms with Gasteiger partial charge < -0.3 is 13.9 Å². The van der Waals surface area contributed by atoms with Gasteiger partial charge in [0, 0.05) is 10.6 Å². The molecular formula is C20H17ClO5. The molecule has 1 heterocycles. The molecule has 0 saturated carbocycles. The van der Waals surface area contributed by atoms with Crippen molar-refractivity contribution < 1.29 is 18.7 Å². The number of aryl methyl sites for hydroxylation is 1. The molecule has 0 saturated heterocycles. The molecule has 0 unspecified atom stereocenters. The quantitative estimate of drug-likeness (QED) is 0.636. The van der Waals surface area contributed by atoms with Crippen molar-refractivity contribution in [1.82, 2.24) is 0 Å². The van der Waals surface area contributed by atoms with Gasteiger partial charge in [0.1, 0.15) is 5.58 Å². The predicted molar refractivity (Wildman–Crippen MR) is 99.8 cm³/mol. The third-order valence-electron chi connectivity index (χ3n) is 3.95. The zero-order chi connectivity index (χ0) is 18.8. The van der Waals surface area contributed by atoms with Gasteiger partial charge in [0.2, 0.25) is 11.2 Å². The van der Waals surface area contributed by atoms with E-state index in [9.17, 15) is 9.59 Å². The third kappa shape index (κ3) is 3.44. The van der Waals surface area contributed by atoms with E-state index in [1.165, 1.54) is 20.1 Å². The van der Waals surface area contributed by atoms with Gasteiger partial charge in [-0.3, -0.25) is 4.79 Å². The van der Waals surface area contributed by atoms with E-state index in [-0.39, 0.29) is 16.9 Å². The van der Waals surface area contributed by atoms with E-state index in [4.69, 9.17) is 20.8 Å². The van der Waals surface area contributed by atoms with Crippen LogP contribution in [0.4, 0.5) is 0 Å². The van der Waals surface area contributed by atoms with E-state index < -0.39 is 17.5 Å². The highest BCUT2D eigenvalue weighted by atomic mass is 35.5. The van der Waals surface area contributed by atoms with Crippen molar-refractivity contribution in [1.29, 1.82) is 0 Å². The predicted octanol–water partition coefficient (Wildman–Crippen LogP) is 4.36. The number of methoxy groups -OCH3 is 1. The molecule has 0 N–H and O–H groups in total. The summed E-state index contributed by atoms with van der Waals surface area (Å²) in [7, 11) is 1.26. The maximum absolute atomic E-state index is 13.0. The second-order valence-corrected chi connectivity index (χ2v) is 6.32. The summed E-state index contributed by atoms with van der Waals surface area (Å²) in [6.45, 7) is 3.46. The summed E-state index contributed by atoms with van der Waals surface area (Å²) >= 11 is 6.00. The van der Waals surface area contributed by atoms with Crippen molar-refractivity contribution in [2.45, 2.75) is 20.0 Å². The van der Waals surface area contributed by atoms with Crippen LogP contribution in [0.1, 0.15) is 12.5 Å². The molecule has 3 rings (SSSR count). The van der Waals surface area contributed by atoms with Crippen LogP contribution in [0.25, 0.3) is 22.3 Å². The number of rotatable bonds is 4. The van der Waals surface area contributed by atoms with Crippen molar-refractivity contribution in [2.24, 2.45) is 0 Å². The zero-order valence-electron chi connectivity index (χ0n) is 14.5. The average molecular weight is 373 g/mol. The Labute approximate surface area is 155 Å². The Hall–Kier alpha value is -2.79. The molecule has 6 heteroatoms. The lowest BCUT2D eigenvalue weighted by molar-refractivity contribution is -0.147. The number of hydrogen-bond acceptors (Lipinski definition) is 5. The average Bonchev–Trinajstić information content (AvgIpc) is 2.64. The van der Waals surface area contributed by atoms with Gasteiger partial charge in [-0.15, -0.1) is 0 Å². The minimum Gasteiger partial charge on any atom is -0.471 e. The smallest absolute Gasteiger partial charge is 0.346 e. The van der Waals surface area contributed by atoms with Gasteiger partial charge >= 0.3 is 5.97 Å². The number of fused-ring (bicyclic) bond motifs is 1. The van der Waals surface area contributed by atoms with Crippen LogP contribution in [0.2, 0.25) is 5.02 Å². The van der Waals surface area contributed by atoms with Crippen LogP contribution in [0.15, 0.2) is 51.7 Å². The molecular weight excluding hydrogens is 356 g/mol. The van der Waals surface area contributed by atoms with E-state index in [0.717, 1.165) is 5.56 Å². The highest BCUT2D eigenvalue weighted by molar-refractivity contribution is 6.31. The molecule has 0 aliphatic carbocycles. The Morgan fingerprint density at radius 3 is 2.50 bits per heavy atom. The van der Waals surface area contributed by atoms with Gasteiger partial charge in [0.25, 0.3) is 0 Å². The maximum Gasteiger partial charge on any atom is 0.346 e. The Bertz CT molecular complexity index is 1020. The first-order chi connectivity index (χ1) is 12.4. The molecule has 0 spiro atoms. The van der Waals surface area contributed by atoms with Crippen molar-refractivity contribution >= 4 is 28.5 Å². The van der Waals surface area contributed by atoms with Gasteiger partial charge in [-0.2, -0.15) is 0 Å². The molecule has 0 aliphatic heterocycles. The first kappa shape index (κ1) is 18.0. The minimum absolute atomic E-state index is 0.0541. The van der Waals surface area contributed by atoms with Crippen LogP contribution in [0, 0.1) is 6.92 Å². The number of carbonyl (C=O) groups excluding carboxylic acids is 1. The molecule has 0 bridgehead atoms. The molecule has 5 nitrogen and oxygen atoms in total. The maximum atomic E-state index is 13.0. The van der Waals surface area contributed by atoms with Crippen LogP contribution in [-0.2, 0) is 9.53 Å². The van der Waals surface area contributed by atoms with Gasteiger partial charge in [-0.25, -0.2) is 4.79 Å². The van der Waals surface area contributed by atoms with E-state index in [1.807, 2.05) is 31.2 Å². The summed E-state index contributed by atoms with van der Waals surface area (Å²) in [5, 5.41) is 0.681. The number of halogens is 1. The molecule has 0 aliphatic rings. The molecule has 3 aromatic rings. The summed E-state index contributed by atoms with van der Waals surface area (Å²) in [5.41, 5.74) is 1.71. The van der Waals surface area contributed by atoms with Gasteiger partial charge in [-0.1, -0.05) is 41.4 Å². The number of ether oxygens (including phenoxy) is 2. The minimum atomic E-state index is -0.969. The monoisotopic (exact) mass is 372 g/mol. The van der Waals surface area contributed by atoms with E-state index in [2.05, 4.69) is 4.74 Å². The molecule has 0 amide bonds. The number of esters is 1. The Balaban J connectivity index is 2.25. The lowest BCUT2D eigenvalue weighted by atomic mass is 10.1. The number of hydrogen-bond donors (Lipinski definition) is 0. The van der Waals surface area contributed by atoms with Gasteiger partial charge in [0.05, 0.1) is 12.5 Å². The van der Waals surface area contributed by atoms with Crippen LogP contribution in [-0.4, -0.2) is 19.2 Å². The summed E-state index contributed by atoms with van der Waals surface area (Å²) < 4.78 is 16.2. The summed E-state index contributed by atoms with van der Waals surface area (Å²) in [5.74, 6) is -0.396. The van der Waals surface area contributed by atoms with E-state index >= 15 is 0 Å². The fourth-order valence-corrected chi connectivity index (χ4v) is 2.72. The Kier molecular flexibility index (Phi) is 5.00. The molecule has 26 heavy (non-hydrogen) atoms. The van der Waals surface area contributed by atoms with Gasteiger partial charge in [-0.05, 0) is 32.0 Å². The normalized spacial score (nSPS) is 12.0. The van der Waals surface area contributed by atoms with Crippen LogP contribution < -0.4 is 10.2 Å². The Morgan fingerprint density at radius 2 is 1.85 bits per heavy atom. The van der Waals surface area contributed by atoms with E-state index in [0.29, 0.717) is 16.2 Å². The molecule has 134 valence electrons. The van der Waals surface area contributed by atoms with Crippen LogP contribution in [0.5, 0.6) is 5.75 Å². The Morgan fingerprint density at radius 1 is 1.15 bits per heavy atom. The summed E-state index contributed by atoms with van der Waals surface area (Å²) in [6, 6.07) is 12.2. The summed E-state index contributed by atoms with van der Waals surface area (Å²) in [4.78, 5) is 24.7. The zero-order valence-corrected chi connectivity index (χ0v) is 15.3. The lowest BCUT2D eigenvalue weighted by Gasteiger charge is -2.15. The third-order valence-corrected chi connectivity index (χ3v) is 4.19. The highest BCUT2D eigenvalue weighted by Gasteiger charge is 2.23. The number of benzene rings is 2. The number of carbonyl (C=O) groups is 1. The first-order valence-electron chi connectivity index (χ1n) is 7.98. The van der Waals surface area contributed by atoms with Crippen LogP contribution >= 0.6 is 11.6 Å². The molecule has 1 atom stereocenters. The largest absolute Gasteiger partial charge is 0.471 e. The van der Waals surface area contributed by atoms with Crippen LogP contribution in [0.3, 0.4) is 0 Å². The van der Waals surface area contributed by atoms with E-state index in [1.54, 1.807) is 12.1 Å². The van der Waals surface area contributed by atoms with Crippen molar-refractivity contribution in [3.05, 3.63) is 63.3 Å². The topological polar surface area (TPSA) is 65.7 Å². The van der Waals surface area contributed by atoms with Gasteiger partial charge in [0.15, 0.2) is 11.9 Å². The molecule has 2 aromatic carbocycles. The first-order valence-corrected chi connectivity index (χ1v) is 8.36. The molecule has 1 aromatic heterocycles. The van der Waals surface area contributed by atoms with Crippen molar-refractivity contribution in [2.75, 3.05) is 7.11 Å². The van der Waals surface area contributed by atoms with Crippen molar-refractivity contribution in [3.8, 4) is 17.1 Å². The SMILES string of the molecule is COC(=O)[C@H](C)Oc1c(-c2ccc(C)cc2)oc2ccc(Cl)cc2c1=O. The lowest BCUT2D eigenvalue weighted by Crippen LogP contribution is -2.27. The van der Waals surface area contributed by atoms with Crippen molar-refractivity contribution in [3.63, 3.8) is 0 Å². The highest BCUT2D eigenvalue weighted by Crippen LogP contribution is 2.32. The fourth-order valence-electron chi connectivity index (χ4n) is 2.54.